The van der Waals surface area contributed by atoms with E-state index in [1.54, 1.807) is 6.20 Å². The molecule has 42 heavy (non-hydrogen) atoms. The van der Waals surface area contributed by atoms with Crippen LogP contribution in [0.3, 0.4) is 0 Å². The van der Waals surface area contributed by atoms with Gasteiger partial charge in [-0.25, -0.2) is 4.98 Å². The van der Waals surface area contributed by atoms with Gasteiger partial charge in [-0.05, 0) is 34.4 Å². The lowest BCUT2D eigenvalue weighted by Crippen LogP contribution is -2.53. The predicted octanol–water partition coefficient (Wildman–Crippen LogP) is 4.62. The van der Waals surface area contributed by atoms with E-state index in [1.165, 1.54) is 0 Å². The highest BCUT2D eigenvalue weighted by atomic mass is 16.2. The molecule has 2 aromatic heterocycles. The maximum atomic E-state index is 13.4. The van der Waals surface area contributed by atoms with E-state index in [-0.39, 0.29) is 12.3 Å². The molecule has 0 aliphatic heterocycles. The number of hydrogen-bond donors (Lipinski definition) is 5. The van der Waals surface area contributed by atoms with Crippen LogP contribution in [-0.2, 0) is 29.0 Å². The van der Waals surface area contributed by atoms with Crippen molar-refractivity contribution in [2.24, 2.45) is 5.73 Å². The molecule has 0 saturated heterocycles. The topological polar surface area (TPSA) is 129 Å². The number of aromatic nitrogens is 3. The number of nitrogens with one attached hydrogen (secondary N) is 4. The van der Waals surface area contributed by atoms with Crippen molar-refractivity contribution >= 4 is 33.5 Å². The molecule has 6 aromatic rings. The number of fused-ring (bicyclic) bond motifs is 2. The summed E-state index contributed by atoms with van der Waals surface area (Å²) >= 11 is 0. The number of nitrogens with two attached hydrogens (primary N) is 1. The first kappa shape index (κ1) is 27.0. The molecule has 0 saturated carbocycles. The Labute approximate surface area is 243 Å². The minimum Gasteiger partial charge on any atom is -0.361 e. The van der Waals surface area contributed by atoms with E-state index < -0.39 is 18.0 Å². The fraction of sp³-hybridized carbons (Fsp3) is 0.147. The second-order valence-electron chi connectivity index (χ2n) is 10.4. The first-order chi connectivity index (χ1) is 20.5. The molecule has 0 fully saturated rings. The lowest BCUT2D eigenvalue weighted by molar-refractivity contribution is -0.129. The Morgan fingerprint density at radius 3 is 2.40 bits per heavy atom. The Hall–Kier alpha value is -5.21. The largest absolute Gasteiger partial charge is 0.361 e. The normalized spacial score (nSPS) is 12.7. The van der Waals surface area contributed by atoms with Gasteiger partial charge in [-0.1, -0.05) is 91.0 Å². The summed E-state index contributed by atoms with van der Waals surface area (Å²) in [6.45, 7) is 0.345. The van der Waals surface area contributed by atoms with Gasteiger partial charge >= 0.3 is 0 Å². The van der Waals surface area contributed by atoms with Gasteiger partial charge in [0.2, 0.25) is 11.8 Å². The lowest BCUT2D eigenvalue weighted by atomic mass is 10.0. The van der Waals surface area contributed by atoms with Gasteiger partial charge in [0.15, 0.2) is 0 Å². The van der Waals surface area contributed by atoms with E-state index in [0.29, 0.717) is 18.8 Å². The number of benzene rings is 4. The lowest BCUT2D eigenvalue weighted by Gasteiger charge is -2.20. The molecular weight excluding hydrogens is 524 g/mol. The molecule has 6 rings (SSSR count). The molecule has 4 aromatic carbocycles. The van der Waals surface area contributed by atoms with Crippen LogP contribution >= 0.6 is 0 Å². The first-order valence-corrected chi connectivity index (χ1v) is 14.0. The second-order valence-corrected chi connectivity index (χ2v) is 10.4. The SMILES string of the molecule is N[C@@H](Cc1c[nH]c2ccccc12)C(=O)N[C@@H](Cc1cnc(-c2cccc3ccccc23)[nH]1)C(=O)NCc1ccccc1. The van der Waals surface area contributed by atoms with Crippen LogP contribution in [0.2, 0.25) is 0 Å². The highest BCUT2D eigenvalue weighted by molar-refractivity contribution is 5.95. The van der Waals surface area contributed by atoms with Gasteiger partial charge in [-0.2, -0.15) is 0 Å². The number of rotatable bonds is 10. The van der Waals surface area contributed by atoms with Crippen LogP contribution in [0.1, 0.15) is 16.8 Å². The molecule has 2 amide bonds. The maximum absolute atomic E-state index is 13.4. The zero-order valence-electron chi connectivity index (χ0n) is 23.0. The van der Waals surface area contributed by atoms with Crippen molar-refractivity contribution in [3.63, 3.8) is 0 Å². The van der Waals surface area contributed by atoms with Crippen LogP contribution in [0.5, 0.6) is 0 Å². The van der Waals surface area contributed by atoms with E-state index in [1.807, 2.05) is 85.1 Å². The molecule has 0 aliphatic carbocycles. The Morgan fingerprint density at radius 1 is 0.810 bits per heavy atom. The van der Waals surface area contributed by atoms with Gasteiger partial charge in [0.1, 0.15) is 11.9 Å². The molecular formula is C34H32N6O2. The average molecular weight is 557 g/mol. The van der Waals surface area contributed by atoms with Gasteiger partial charge in [-0.3, -0.25) is 9.59 Å². The Kier molecular flexibility index (Phi) is 7.79. The van der Waals surface area contributed by atoms with Crippen molar-refractivity contribution in [1.29, 1.82) is 0 Å². The summed E-state index contributed by atoms with van der Waals surface area (Å²) in [4.78, 5) is 37.9. The second kappa shape index (κ2) is 12.1. The number of imidazole rings is 1. The molecule has 6 N–H and O–H groups in total. The highest BCUT2D eigenvalue weighted by Crippen LogP contribution is 2.26. The quantitative estimate of drug-likeness (QED) is 0.169. The fourth-order valence-electron chi connectivity index (χ4n) is 5.28. The molecule has 8 heteroatoms. The third-order valence-electron chi connectivity index (χ3n) is 7.49. The van der Waals surface area contributed by atoms with E-state index in [0.717, 1.165) is 44.1 Å². The summed E-state index contributed by atoms with van der Waals surface area (Å²) in [5.74, 6) is 0.00866. The highest BCUT2D eigenvalue weighted by Gasteiger charge is 2.26. The maximum Gasteiger partial charge on any atom is 0.243 e. The summed E-state index contributed by atoms with van der Waals surface area (Å²) in [6, 6.07) is 30.0. The average Bonchev–Trinajstić information content (AvgIpc) is 3.67. The monoisotopic (exact) mass is 556 g/mol. The van der Waals surface area contributed by atoms with Crippen LogP contribution in [0.25, 0.3) is 33.1 Å². The van der Waals surface area contributed by atoms with E-state index >= 15 is 0 Å². The number of hydrogen-bond acceptors (Lipinski definition) is 4. The number of amides is 2. The van der Waals surface area contributed by atoms with Crippen LogP contribution < -0.4 is 16.4 Å². The van der Waals surface area contributed by atoms with Gasteiger partial charge in [0.25, 0.3) is 0 Å². The van der Waals surface area contributed by atoms with Gasteiger partial charge in [-0.15, -0.1) is 0 Å². The zero-order valence-corrected chi connectivity index (χ0v) is 23.0. The molecule has 8 nitrogen and oxygen atoms in total. The third-order valence-corrected chi connectivity index (χ3v) is 7.49. The number of para-hydroxylation sites is 1. The number of H-pyrrole nitrogens is 2. The molecule has 0 unspecified atom stereocenters. The molecule has 0 aliphatic rings. The molecule has 0 radical (unpaired) electrons. The minimum absolute atomic E-state index is 0.226. The number of carbonyl (C=O) groups excluding carboxylic acids is 2. The van der Waals surface area contributed by atoms with Crippen molar-refractivity contribution in [3.05, 3.63) is 126 Å². The van der Waals surface area contributed by atoms with Crippen LogP contribution in [0, 0.1) is 0 Å². The summed E-state index contributed by atoms with van der Waals surface area (Å²) in [7, 11) is 0. The molecule has 2 atom stereocenters. The van der Waals surface area contributed by atoms with Gasteiger partial charge < -0.3 is 26.3 Å². The molecule has 2 heterocycles. The van der Waals surface area contributed by atoms with Crippen molar-refractivity contribution in [3.8, 4) is 11.4 Å². The summed E-state index contributed by atoms with van der Waals surface area (Å²) in [5.41, 5.74) is 11.0. The third kappa shape index (κ3) is 5.94. The Balaban J connectivity index is 1.20. The van der Waals surface area contributed by atoms with Crippen molar-refractivity contribution in [2.75, 3.05) is 0 Å². The van der Waals surface area contributed by atoms with Gasteiger partial charge in [0, 0.05) is 47.5 Å². The van der Waals surface area contributed by atoms with E-state index in [4.69, 9.17) is 5.73 Å². The van der Waals surface area contributed by atoms with E-state index in [9.17, 15) is 9.59 Å². The standard InChI is InChI=1S/C34H32N6O2/c35-29(17-24-20-36-30-16-7-6-14-27(24)30)33(41)40-31(34(42)38-19-22-9-2-1-3-10-22)18-25-21-37-32(39-25)28-15-8-12-23-11-4-5-13-26(23)28/h1-16,20-21,29,31,36H,17-19,35H2,(H,37,39)(H,38,42)(H,40,41)/t29-,31-/m0/s1. The van der Waals surface area contributed by atoms with E-state index in [2.05, 4.69) is 43.8 Å². The number of carbonyl (C=O) groups is 2. The van der Waals surface area contributed by atoms with Crippen molar-refractivity contribution < 1.29 is 9.59 Å². The van der Waals surface area contributed by atoms with Crippen molar-refractivity contribution in [2.45, 2.75) is 31.5 Å². The predicted molar refractivity (Wildman–Crippen MR) is 165 cm³/mol. The van der Waals surface area contributed by atoms with Crippen LogP contribution in [-0.4, -0.2) is 38.8 Å². The van der Waals surface area contributed by atoms with Crippen LogP contribution in [0.4, 0.5) is 0 Å². The summed E-state index contributed by atoms with van der Waals surface area (Å²) in [6.07, 6.45) is 4.15. The Bertz CT molecular complexity index is 1840. The minimum atomic E-state index is -0.851. The molecule has 0 bridgehead atoms. The smallest absolute Gasteiger partial charge is 0.243 e. The molecule has 0 spiro atoms. The fourth-order valence-corrected chi connectivity index (χ4v) is 5.28. The van der Waals surface area contributed by atoms with Crippen LogP contribution in [0.15, 0.2) is 109 Å². The van der Waals surface area contributed by atoms with Crippen molar-refractivity contribution in [1.82, 2.24) is 25.6 Å². The Morgan fingerprint density at radius 2 is 1.55 bits per heavy atom. The number of aromatic amines is 2. The summed E-state index contributed by atoms with van der Waals surface area (Å²) in [5, 5.41) is 9.08. The zero-order chi connectivity index (χ0) is 28.9. The first-order valence-electron chi connectivity index (χ1n) is 14.0. The summed E-state index contributed by atoms with van der Waals surface area (Å²) < 4.78 is 0. The number of nitrogens with zero attached hydrogens (tertiary/aromatic N) is 1. The van der Waals surface area contributed by atoms with Gasteiger partial charge in [0.05, 0.1) is 6.04 Å². The molecule has 210 valence electrons.